The van der Waals surface area contributed by atoms with Crippen LogP contribution in [0.25, 0.3) is 0 Å². The van der Waals surface area contributed by atoms with Gasteiger partial charge in [-0.2, -0.15) is 0 Å². The first-order chi connectivity index (χ1) is 11.8. The fourth-order valence-corrected chi connectivity index (χ4v) is 3.91. The fourth-order valence-electron chi connectivity index (χ4n) is 2.07. The molecule has 0 heterocycles. The number of sulfonamides is 1. The highest BCUT2D eigenvalue weighted by atomic mass is 79.9. The maximum absolute atomic E-state index is 12.3. The molecule has 0 aliphatic rings. The molecule has 2 aromatic carbocycles. The molecule has 0 saturated carbocycles. The highest BCUT2D eigenvalue weighted by molar-refractivity contribution is 9.10. The van der Waals surface area contributed by atoms with Crippen LogP contribution < -0.4 is 10.1 Å². The van der Waals surface area contributed by atoms with Gasteiger partial charge >= 0.3 is 0 Å². The minimum atomic E-state index is -3.65. The molecule has 2 rings (SSSR count). The molecule has 0 saturated heterocycles. The van der Waals surface area contributed by atoms with Crippen molar-refractivity contribution in [1.82, 2.24) is 9.62 Å². The monoisotopic (exact) mass is 426 g/mol. The van der Waals surface area contributed by atoms with Crippen LogP contribution in [0.3, 0.4) is 0 Å². The lowest BCUT2D eigenvalue weighted by atomic mass is 10.2. The van der Waals surface area contributed by atoms with Crippen molar-refractivity contribution in [1.29, 1.82) is 0 Å². The molecule has 0 radical (unpaired) electrons. The molecule has 8 heteroatoms. The molecule has 1 N–H and O–H groups in total. The van der Waals surface area contributed by atoms with E-state index in [-0.39, 0.29) is 16.4 Å². The summed E-state index contributed by atoms with van der Waals surface area (Å²) in [5.74, 6) is 0.389. The van der Waals surface area contributed by atoms with Crippen molar-refractivity contribution in [3.05, 3.63) is 58.1 Å². The van der Waals surface area contributed by atoms with E-state index in [1.54, 1.807) is 19.2 Å². The molecule has 1 amide bonds. The van der Waals surface area contributed by atoms with Gasteiger partial charge in [0.1, 0.15) is 5.75 Å². The average Bonchev–Trinajstić information content (AvgIpc) is 2.60. The van der Waals surface area contributed by atoms with Crippen molar-refractivity contribution in [3.63, 3.8) is 0 Å². The highest BCUT2D eigenvalue weighted by Crippen LogP contribution is 2.25. The van der Waals surface area contributed by atoms with Gasteiger partial charge in [-0.3, -0.25) is 4.79 Å². The largest absolute Gasteiger partial charge is 0.497 e. The highest BCUT2D eigenvalue weighted by Gasteiger charge is 2.22. The molecule has 2 aromatic rings. The molecule has 0 spiro atoms. The molecular weight excluding hydrogens is 408 g/mol. The van der Waals surface area contributed by atoms with Gasteiger partial charge in [0.25, 0.3) is 5.91 Å². The van der Waals surface area contributed by atoms with Crippen molar-refractivity contribution < 1.29 is 17.9 Å². The molecule has 0 unspecified atom stereocenters. The Bertz CT molecular complexity index is 865. The molecule has 0 aliphatic heterocycles. The van der Waals surface area contributed by atoms with Gasteiger partial charge in [0.15, 0.2) is 0 Å². The summed E-state index contributed by atoms with van der Waals surface area (Å²) < 4.78 is 31.2. The maximum atomic E-state index is 12.3. The topological polar surface area (TPSA) is 75.7 Å². The number of benzene rings is 2. The standard InChI is InChI=1S/C17H19BrN2O4S/c1-20(2)25(22,23)16-10-13(6-9-15(16)18)17(21)19-11-12-4-7-14(24-3)8-5-12/h4-10H,11H2,1-3H3,(H,19,21). The summed E-state index contributed by atoms with van der Waals surface area (Å²) in [5, 5.41) is 2.78. The molecule has 0 bridgehead atoms. The van der Waals surface area contributed by atoms with Crippen molar-refractivity contribution >= 4 is 31.9 Å². The number of carbonyl (C=O) groups excluding carboxylic acids is 1. The molecule has 25 heavy (non-hydrogen) atoms. The Morgan fingerprint density at radius 2 is 1.80 bits per heavy atom. The number of methoxy groups -OCH3 is 1. The van der Waals surface area contributed by atoms with Crippen LogP contribution in [-0.2, 0) is 16.6 Å². The van der Waals surface area contributed by atoms with E-state index in [4.69, 9.17) is 4.74 Å². The van der Waals surface area contributed by atoms with Crippen LogP contribution in [-0.4, -0.2) is 39.8 Å². The second kappa shape index (κ2) is 7.99. The average molecular weight is 427 g/mol. The summed E-state index contributed by atoms with van der Waals surface area (Å²) in [6, 6.07) is 11.8. The smallest absolute Gasteiger partial charge is 0.251 e. The molecule has 0 aliphatic carbocycles. The lowest BCUT2D eigenvalue weighted by Crippen LogP contribution is -2.25. The van der Waals surface area contributed by atoms with Gasteiger partial charge in [-0.15, -0.1) is 0 Å². The van der Waals surface area contributed by atoms with E-state index in [1.165, 1.54) is 20.2 Å². The van der Waals surface area contributed by atoms with Gasteiger partial charge in [0, 0.05) is 30.7 Å². The summed E-state index contributed by atoms with van der Waals surface area (Å²) >= 11 is 3.22. The lowest BCUT2D eigenvalue weighted by Gasteiger charge is -2.14. The predicted octanol–water partition coefficient (Wildman–Crippen LogP) is 2.64. The Morgan fingerprint density at radius 1 is 1.16 bits per heavy atom. The van der Waals surface area contributed by atoms with Crippen LogP contribution in [0.15, 0.2) is 51.8 Å². The minimum Gasteiger partial charge on any atom is -0.497 e. The molecule has 0 aromatic heterocycles. The number of nitrogens with zero attached hydrogens (tertiary/aromatic N) is 1. The Kier molecular flexibility index (Phi) is 6.21. The molecule has 6 nitrogen and oxygen atoms in total. The minimum absolute atomic E-state index is 0.0506. The van der Waals surface area contributed by atoms with E-state index >= 15 is 0 Å². The van der Waals surface area contributed by atoms with Crippen LogP contribution in [0, 0.1) is 0 Å². The van der Waals surface area contributed by atoms with Crippen molar-refractivity contribution in [2.24, 2.45) is 0 Å². The number of halogens is 1. The molecule has 0 atom stereocenters. The number of ether oxygens (including phenoxy) is 1. The van der Waals surface area contributed by atoms with Crippen LogP contribution >= 0.6 is 15.9 Å². The normalized spacial score (nSPS) is 11.4. The fraction of sp³-hybridized carbons (Fsp3) is 0.235. The first-order valence-electron chi connectivity index (χ1n) is 7.39. The van der Waals surface area contributed by atoms with Gasteiger partial charge in [0.05, 0.1) is 12.0 Å². The predicted molar refractivity (Wildman–Crippen MR) is 99.2 cm³/mol. The quantitative estimate of drug-likeness (QED) is 0.769. The summed E-state index contributed by atoms with van der Waals surface area (Å²) in [7, 11) is 0.826. The van der Waals surface area contributed by atoms with Gasteiger partial charge in [-0.05, 0) is 51.8 Å². The van der Waals surface area contributed by atoms with Crippen molar-refractivity contribution in [2.45, 2.75) is 11.4 Å². The first kappa shape index (κ1) is 19.4. The summed E-state index contributed by atoms with van der Waals surface area (Å²) in [5.41, 5.74) is 1.18. The molecular formula is C17H19BrN2O4S. The Labute approximate surface area is 156 Å². The van der Waals surface area contributed by atoms with Crippen LogP contribution in [0.5, 0.6) is 5.75 Å². The van der Waals surface area contributed by atoms with Crippen molar-refractivity contribution in [3.8, 4) is 5.75 Å². The summed E-state index contributed by atoms with van der Waals surface area (Å²) in [6.07, 6.45) is 0. The van der Waals surface area contributed by atoms with Gasteiger partial charge < -0.3 is 10.1 Å². The Balaban J connectivity index is 2.16. The third-order valence-corrected chi connectivity index (χ3v) is 6.37. The Morgan fingerprint density at radius 3 is 2.36 bits per heavy atom. The van der Waals surface area contributed by atoms with Crippen molar-refractivity contribution in [2.75, 3.05) is 21.2 Å². The zero-order valence-corrected chi connectivity index (χ0v) is 16.5. The number of amides is 1. The van der Waals surface area contributed by atoms with Gasteiger partial charge in [-0.25, -0.2) is 12.7 Å². The number of hydrogen-bond donors (Lipinski definition) is 1. The maximum Gasteiger partial charge on any atom is 0.251 e. The van der Waals surface area contributed by atoms with E-state index in [9.17, 15) is 13.2 Å². The molecule has 0 fully saturated rings. The van der Waals surface area contributed by atoms with E-state index in [0.29, 0.717) is 11.0 Å². The second-order valence-corrected chi connectivity index (χ2v) is 8.44. The molecule has 134 valence electrons. The van der Waals surface area contributed by atoms with Crippen LogP contribution in [0.2, 0.25) is 0 Å². The van der Waals surface area contributed by atoms with Gasteiger partial charge in [0.2, 0.25) is 10.0 Å². The lowest BCUT2D eigenvalue weighted by molar-refractivity contribution is 0.0950. The van der Waals surface area contributed by atoms with E-state index in [2.05, 4.69) is 21.2 Å². The first-order valence-corrected chi connectivity index (χ1v) is 9.62. The van der Waals surface area contributed by atoms with E-state index in [0.717, 1.165) is 15.6 Å². The van der Waals surface area contributed by atoms with Crippen LogP contribution in [0.4, 0.5) is 0 Å². The number of hydrogen-bond acceptors (Lipinski definition) is 4. The van der Waals surface area contributed by atoms with Crippen LogP contribution in [0.1, 0.15) is 15.9 Å². The zero-order valence-electron chi connectivity index (χ0n) is 14.1. The van der Waals surface area contributed by atoms with E-state index in [1.807, 2.05) is 24.3 Å². The third kappa shape index (κ3) is 4.59. The second-order valence-electron chi connectivity index (χ2n) is 5.46. The Hall–Kier alpha value is -1.90. The summed E-state index contributed by atoms with van der Waals surface area (Å²) in [4.78, 5) is 12.4. The van der Waals surface area contributed by atoms with E-state index < -0.39 is 10.0 Å². The number of nitrogens with one attached hydrogen (secondary N) is 1. The zero-order chi connectivity index (χ0) is 18.6. The number of carbonyl (C=O) groups is 1. The number of rotatable bonds is 6. The SMILES string of the molecule is COc1ccc(CNC(=O)c2ccc(Br)c(S(=O)(=O)N(C)C)c2)cc1. The third-order valence-electron chi connectivity index (χ3n) is 3.56. The summed E-state index contributed by atoms with van der Waals surface area (Å²) in [6.45, 7) is 0.328. The van der Waals surface area contributed by atoms with Gasteiger partial charge in [-0.1, -0.05) is 12.1 Å².